The zero-order valence-corrected chi connectivity index (χ0v) is 43.6. The van der Waals surface area contributed by atoms with Crippen LogP contribution in [0.5, 0.6) is 0 Å². The van der Waals surface area contributed by atoms with Gasteiger partial charge in [-0.3, -0.25) is 14.4 Å². The molecule has 0 aliphatic carbocycles. The molecule has 0 heterocycles. The number of carbonyl (C=O) groups is 3. The Labute approximate surface area is 413 Å². The first-order valence-corrected chi connectivity index (χ1v) is 27.7. The Hall–Kier alpha value is -3.67. The maximum absolute atomic E-state index is 12.8. The van der Waals surface area contributed by atoms with Crippen LogP contribution in [-0.2, 0) is 28.6 Å². The van der Waals surface area contributed by atoms with Crippen molar-refractivity contribution in [3.8, 4) is 0 Å². The van der Waals surface area contributed by atoms with Crippen LogP contribution in [0.25, 0.3) is 0 Å². The maximum atomic E-state index is 12.8. The number of rotatable bonds is 49. The van der Waals surface area contributed by atoms with Gasteiger partial charge in [-0.05, 0) is 96.3 Å². The predicted molar refractivity (Wildman–Crippen MR) is 288 cm³/mol. The molecule has 0 saturated carbocycles. The highest BCUT2D eigenvalue weighted by Crippen LogP contribution is 2.14. The lowest BCUT2D eigenvalue weighted by atomic mass is 10.0. The Kier molecular flexibility index (Phi) is 51.9. The summed E-state index contributed by atoms with van der Waals surface area (Å²) in [6.45, 7) is 6.44. The quantitative estimate of drug-likeness (QED) is 0.0262. The van der Waals surface area contributed by atoms with Gasteiger partial charge in [0.2, 0.25) is 0 Å². The molecule has 0 fully saturated rings. The topological polar surface area (TPSA) is 78.9 Å². The second-order valence-electron chi connectivity index (χ2n) is 18.1. The van der Waals surface area contributed by atoms with Crippen LogP contribution in [0, 0.1) is 0 Å². The molecule has 0 rings (SSSR count). The normalized spacial score (nSPS) is 12.8. The highest BCUT2D eigenvalue weighted by atomic mass is 16.6. The van der Waals surface area contributed by atoms with Gasteiger partial charge in [0.25, 0.3) is 0 Å². The van der Waals surface area contributed by atoms with Crippen molar-refractivity contribution in [3.63, 3.8) is 0 Å². The molecular weight excluding hydrogens is 829 g/mol. The molecule has 0 radical (unpaired) electrons. The predicted octanol–water partition coefficient (Wildman–Crippen LogP) is 18.5. The number of hydrogen-bond donors (Lipinski definition) is 0. The fraction of sp³-hybridized carbons (Fsp3) is 0.689. The number of ether oxygens (including phenoxy) is 3. The number of hydrogen-bond acceptors (Lipinski definition) is 6. The van der Waals surface area contributed by atoms with Crippen LogP contribution in [0.1, 0.15) is 252 Å². The number of esters is 3. The summed E-state index contributed by atoms with van der Waals surface area (Å²) < 4.78 is 16.8. The molecule has 0 aromatic carbocycles. The van der Waals surface area contributed by atoms with Crippen molar-refractivity contribution >= 4 is 17.9 Å². The van der Waals surface area contributed by atoms with Crippen LogP contribution in [0.2, 0.25) is 0 Å². The summed E-state index contributed by atoms with van der Waals surface area (Å²) >= 11 is 0. The van der Waals surface area contributed by atoms with Crippen LogP contribution < -0.4 is 0 Å². The van der Waals surface area contributed by atoms with Crippen molar-refractivity contribution in [3.05, 3.63) is 97.2 Å². The van der Waals surface area contributed by atoms with E-state index in [1.807, 2.05) is 0 Å². The highest BCUT2D eigenvalue weighted by molar-refractivity contribution is 5.71. The zero-order chi connectivity index (χ0) is 48.6. The fourth-order valence-electron chi connectivity index (χ4n) is 7.43. The van der Waals surface area contributed by atoms with E-state index in [-0.39, 0.29) is 37.5 Å². The van der Waals surface area contributed by atoms with Gasteiger partial charge < -0.3 is 14.2 Å². The Bertz CT molecular complexity index is 1350. The average molecular weight is 931 g/mol. The third kappa shape index (κ3) is 53.2. The van der Waals surface area contributed by atoms with Crippen molar-refractivity contribution in [2.45, 2.75) is 258 Å². The van der Waals surface area contributed by atoms with Crippen LogP contribution in [0.3, 0.4) is 0 Å². The second-order valence-corrected chi connectivity index (χ2v) is 18.1. The monoisotopic (exact) mass is 931 g/mol. The van der Waals surface area contributed by atoms with Crippen molar-refractivity contribution in [1.82, 2.24) is 0 Å². The number of allylic oxidation sites excluding steroid dienone is 16. The summed E-state index contributed by atoms with van der Waals surface area (Å²) in [6, 6.07) is 0. The first kappa shape index (κ1) is 63.3. The van der Waals surface area contributed by atoms with Gasteiger partial charge in [-0.2, -0.15) is 0 Å². The molecule has 6 nitrogen and oxygen atoms in total. The minimum Gasteiger partial charge on any atom is -0.462 e. The first-order valence-electron chi connectivity index (χ1n) is 27.7. The lowest BCUT2D eigenvalue weighted by molar-refractivity contribution is -0.167. The zero-order valence-electron chi connectivity index (χ0n) is 43.6. The molecule has 0 bridgehead atoms. The molecule has 0 N–H and O–H groups in total. The standard InChI is InChI=1S/C61H102O6/c1-4-7-10-13-16-19-22-25-27-29-30-32-33-36-39-42-45-48-51-54-60(63)66-57-58(56-65-59(62)53-50-47-44-41-38-35-24-21-18-15-12-9-6-3)67-61(64)55-52-49-46-43-40-37-34-31-28-26-23-20-17-14-11-8-5-2/h7,10,16-17,19-20,25-28,30,32,34,37,43,46,58H,4-6,8-9,11-15,18,21-24,29,31,33,35-36,38-42,44-45,47-57H2,1-3H3/b10-7-,19-16-,20-17-,27-25-,28-26-,32-30-,37-34-,46-43-. The SMILES string of the molecule is CC/C=C\C/C=C\C/C=C\C/C=C\CCCCCCCCC(=O)OCC(COC(=O)CCCCCCCCCCCCCCC)OC(=O)CCC/C=C\C/C=C\C/C=C\C/C=C\CCCCC. The van der Waals surface area contributed by atoms with Crippen molar-refractivity contribution < 1.29 is 28.6 Å². The van der Waals surface area contributed by atoms with Crippen LogP contribution >= 0.6 is 0 Å². The maximum Gasteiger partial charge on any atom is 0.306 e. The van der Waals surface area contributed by atoms with Gasteiger partial charge in [0.05, 0.1) is 0 Å². The minimum absolute atomic E-state index is 0.103. The molecule has 382 valence electrons. The van der Waals surface area contributed by atoms with Gasteiger partial charge in [-0.15, -0.1) is 0 Å². The molecule has 0 amide bonds. The molecule has 0 spiro atoms. The average Bonchev–Trinajstić information content (AvgIpc) is 3.33. The molecule has 0 saturated heterocycles. The lowest BCUT2D eigenvalue weighted by Crippen LogP contribution is -2.30. The van der Waals surface area contributed by atoms with Crippen LogP contribution in [0.4, 0.5) is 0 Å². The van der Waals surface area contributed by atoms with E-state index < -0.39 is 6.10 Å². The first-order chi connectivity index (χ1) is 33.0. The largest absolute Gasteiger partial charge is 0.462 e. The van der Waals surface area contributed by atoms with E-state index in [1.54, 1.807) is 0 Å². The van der Waals surface area contributed by atoms with E-state index in [4.69, 9.17) is 14.2 Å². The van der Waals surface area contributed by atoms with E-state index in [9.17, 15) is 14.4 Å². The molecular formula is C61H102O6. The van der Waals surface area contributed by atoms with E-state index in [2.05, 4.69) is 118 Å². The highest BCUT2D eigenvalue weighted by Gasteiger charge is 2.19. The third-order valence-corrected chi connectivity index (χ3v) is 11.6. The summed E-state index contributed by atoms with van der Waals surface area (Å²) in [4.78, 5) is 38.1. The summed E-state index contributed by atoms with van der Waals surface area (Å²) in [5, 5.41) is 0. The van der Waals surface area contributed by atoms with Crippen LogP contribution in [0.15, 0.2) is 97.2 Å². The number of carbonyl (C=O) groups excluding carboxylic acids is 3. The molecule has 1 unspecified atom stereocenters. The summed E-state index contributed by atoms with van der Waals surface area (Å²) in [5.74, 6) is -0.972. The molecule has 0 aliphatic heterocycles. The van der Waals surface area contributed by atoms with Gasteiger partial charge >= 0.3 is 17.9 Å². The molecule has 0 aliphatic rings. The Morgan fingerprint density at radius 2 is 0.597 bits per heavy atom. The van der Waals surface area contributed by atoms with Crippen molar-refractivity contribution in [2.75, 3.05) is 13.2 Å². The van der Waals surface area contributed by atoms with E-state index in [1.165, 1.54) is 103 Å². The Morgan fingerprint density at radius 3 is 0.985 bits per heavy atom. The molecule has 0 aromatic rings. The summed E-state index contributed by atoms with van der Waals surface area (Å²) in [7, 11) is 0. The van der Waals surface area contributed by atoms with Gasteiger partial charge in [0.1, 0.15) is 13.2 Å². The van der Waals surface area contributed by atoms with E-state index in [0.717, 1.165) is 103 Å². The Balaban J connectivity index is 4.49. The molecule has 0 aromatic heterocycles. The van der Waals surface area contributed by atoms with E-state index in [0.29, 0.717) is 19.3 Å². The lowest BCUT2D eigenvalue weighted by Gasteiger charge is -2.18. The third-order valence-electron chi connectivity index (χ3n) is 11.6. The van der Waals surface area contributed by atoms with Crippen molar-refractivity contribution in [1.29, 1.82) is 0 Å². The van der Waals surface area contributed by atoms with E-state index >= 15 is 0 Å². The van der Waals surface area contributed by atoms with Gasteiger partial charge in [0.15, 0.2) is 6.10 Å². The summed E-state index contributed by atoms with van der Waals surface area (Å²) in [6.07, 6.45) is 72.5. The fourth-order valence-corrected chi connectivity index (χ4v) is 7.43. The molecule has 6 heteroatoms. The Morgan fingerprint density at radius 1 is 0.313 bits per heavy atom. The van der Waals surface area contributed by atoms with Gasteiger partial charge in [-0.25, -0.2) is 0 Å². The second kappa shape index (κ2) is 54.9. The minimum atomic E-state index is -0.811. The van der Waals surface area contributed by atoms with Gasteiger partial charge in [-0.1, -0.05) is 234 Å². The molecule has 67 heavy (non-hydrogen) atoms. The van der Waals surface area contributed by atoms with Crippen molar-refractivity contribution in [2.24, 2.45) is 0 Å². The van der Waals surface area contributed by atoms with Gasteiger partial charge in [0, 0.05) is 19.3 Å². The van der Waals surface area contributed by atoms with Crippen LogP contribution in [-0.4, -0.2) is 37.2 Å². The summed E-state index contributed by atoms with van der Waals surface area (Å²) in [5.41, 5.74) is 0. The molecule has 1 atom stereocenters. The number of unbranched alkanes of at least 4 members (excludes halogenated alkanes) is 22. The smallest absolute Gasteiger partial charge is 0.306 e.